The number of hydrogen-bond donors (Lipinski definition) is 1. The Hall–Kier alpha value is -3.60. The molecule has 0 fully saturated rings. The highest BCUT2D eigenvalue weighted by atomic mass is 16.5. The fourth-order valence-electron chi connectivity index (χ4n) is 2.69. The van der Waals surface area contributed by atoms with E-state index < -0.39 is 0 Å². The Morgan fingerprint density at radius 3 is 2.07 bits per heavy atom. The Labute approximate surface area is 164 Å². The second-order valence-electron chi connectivity index (χ2n) is 6.31. The summed E-state index contributed by atoms with van der Waals surface area (Å²) in [4.78, 5) is 23.8. The molecule has 0 heterocycles. The number of ether oxygens (including phenoxy) is 1. The van der Waals surface area contributed by atoms with Gasteiger partial charge in [0.2, 0.25) is 0 Å². The molecule has 0 spiro atoms. The predicted octanol–water partition coefficient (Wildman–Crippen LogP) is 4.01. The Bertz CT molecular complexity index is 910. The molecule has 0 saturated heterocycles. The number of nitrogens with one attached hydrogen (secondary N) is 1. The normalized spacial score (nSPS) is 10.2. The first-order valence-corrected chi connectivity index (χ1v) is 9.01. The minimum atomic E-state index is -0.268. The van der Waals surface area contributed by atoms with Gasteiger partial charge in [0.15, 0.2) is 12.4 Å². The number of benzene rings is 3. The summed E-state index contributed by atoms with van der Waals surface area (Å²) in [5, 5.41) is 1.79. The fourth-order valence-corrected chi connectivity index (χ4v) is 2.69. The lowest BCUT2D eigenvalue weighted by molar-refractivity contribution is -0.123. The third-order valence-corrected chi connectivity index (χ3v) is 4.14. The average molecular weight is 374 g/mol. The molecule has 0 bridgehead atoms. The van der Waals surface area contributed by atoms with Crippen molar-refractivity contribution >= 4 is 17.4 Å². The van der Waals surface area contributed by atoms with Crippen molar-refractivity contribution in [2.45, 2.75) is 13.5 Å². The van der Waals surface area contributed by atoms with Crippen molar-refractivity contribution in [2.75, 3.05) is 11.6 Å². The fraction of sp³-hybridized carbons (Fsp3) is 0.130. The van der Waals surface area contributed by atoms with Crippen molar-refractivity contribution in [3.8, 4) is 5.75 Å². The molecule has 0 aliphatic carbocycles. The van der Waals surface area contributed by atoms with Gasteiger partial charge in [0.1, 0.15) is 5.75 Å². The quantitative estimate of drug-likeness (QED) is 0.478. The molecule has 3 aromatic rings. The summed E-state index contributed by atoms with van der Waals surface area (Å²) in [6.45, 7) is 1.91. The summed E-state index contributed by atoms with van der Waals surface area (Å²) in [7, 11) is 0. The van der Waals surface area contributed by atoms with Crippen molar-refractivity contribution in [3.63, 3.8) is 0 Å². The van der Waals surface area contributed by atoms with Crippen LogP contribution in [0.3, 0.4) is 0 Å². The summed E-state index contributed by atoms with van der Waals surface area (Å²) in [6.07, 6.45) is 0. The van der Waals surface area contributed by atoms with Crippen LogP contribution in [0.4, 0.5) is 5.69 Å². The van der Waals surface area contributed by atoms with Crippen molar-refractivity contribution in [2.24, 2.45) is 0 Å². The summed E-state index contributed by atoms with van der Waals surface area (Å²) in [6, 6.07) is 26.3. The average Bonchev–Trinajstić information content (AvgIpc) is 2.73. The molecule has 142 valence electrons. The van der Waals surface area contributed by atoms with E-state index in [-0.39, 0.29) is 18.3 Å². The van der Waals surface area contributed by atoms with E-state index in [0.29, 0.717) is 17.9 Å². The lowest BCUT2D eigenvalue weighted by atomic mass is 10.1. The SMILES string of the molecule is CC(=O)c1ccc(OCC(=O)NN(Cc2ccccc2)c2ccccc2)cc1. The maximum Gasteiger partial charge on any atom is 0.276 e. The van der Waals surface area contributed by atoms with Gasteiger partial charge in [-0.1, -0.05) is 48.5 Å². The molecule has 0 aliphatic heterocycles. The number of hydrogen-bond acceptors (Lipinski definition) is 4. The Balaban J connectivity index is 1.63. The lowest BCUT2D eigenvalue weighted by Crippen LogP contribution is -2.44. The van der Waals surface area contributed by atoms with E-state index in [2.05, 4.69) is 5.43 Å². The standard InChI is InChI=1S/C23H22N2O3/c1-18(26)20-12-14-22(15-13-20)28-17-23(27)24-25(21-10-6-3-7-11-21)16-19-8-4-2-5-9-19/h2-15H,16-17H2,1H3,(H,24,27). The van der Waals surface area contributed by atoms with E-state index in [1.165, 1.54) is 6.92 Å². The van der Waals surface area contributed by atoms with Gasteiger partial charge in [-0.15, -0.1) is 0 Å². The van der Waals surface area contributed by atoms with E-state index in [1.807, 2.05) is 60.7 Å². The van der Waals surface area contributed by atoms with E-state index in [1.54, 1.807) is 29.3 Å². The van der Waals surface area contributed by atoms with Crippen LogP contribution in [0.15, 0.2) is 84.9 Å². The molecule has 0 radical (unpaired) electrons. The first-order valence-electron chi connectivity index (χ1n) is 9.01. The van der Waals surface area contributed by atoms with Gasteiger partial charge in [-0.25, -0.2) is 0 Å². The summed E-state index contributed by atoms with van der Waals surface area (Å²) < 4.78 is 5.54. The molecule has 5 heteroatoms. The molecule has 5 nitrogen and oxygen atoms in total. The largest absolute Gasteiger partial charge is 0.484 e. The third kappa shape index (κ3) is 5.45. The number of rotatable bonds is 8. The van der Waals surface area contributed by atoms with Crippen LogP contribution in [-0.4, -0.2) is 18.3 Å². The molecule has 1 N–H and O–H groups in total. The van der Waals surface area contributed by atoms with Crippen LogP contribution in [-0.2, 0) is 11.3 Å². The van der Waals surface area contributed by atoms with Gasteiger partial charge < -0.3 is 4.74 Å². The number of Topliss-reactive ketones (excluding diaryl/α,β-unsaturated/α-hetero) is 1. The number of hydrazine groups is 1. The summed E-state index contributed by atoms with van der Waals surface area (Å²) in [5.41, 5.74) is 5.46. The van der Waals surface area contributed by atoms with Crippen LogP contribution >= 0.6 is 0 Å². The predicted molar refractivity (Wildman–Crippen MR) is 109 cm³/mol. The number of amides is 1. The zero-order valence-electron chi connectivity index (χ0n) is 15.7. The molecule has 0 aliphatic rings. The maximum atomic E-state index is 12.4. The minimum absolute atomic E-state index is 0.0105. The van der Waals surface area contributed by atoms with Crippen molar-refractivity contribution < 1.29 is 14.3 Å². The third-order valence-electron chi connectivity index (χ3n) is 4.14. The van der Waals surface area contributed by atoms with Crippen LogP contribution in [0.1, 0.15) is 22.8 Å². The second-order valence-corrected chi connectivity index (χ2v) is 6.31. The van der Waals surface area contributed by atoms with Gasteiger partial charge in [-0.05, 0) is 48.9 Å². The zero-order chi connectivity index (χ0) is 19.8. The summed E-state index contributed by atoms with van der Waals surface area (Å²) in [5.74, 6) is 0.258. The highest BCUT2D eigenvalue weighted by Gasteiger charge is 2.12. The van der Waals surface area contributed by atoms with E-state index >= 15 is 0 Å². The van der Waals surface area contributed by atoms with E-state index in [4.69, 9.17) is 4.74 Å². The molecule has 1 amide bonds. The minimum Gasteiger partial charge on any atom is -0.484 e. The molecule has 3 rings (SSSR count). The van der Waals surface area contributed by atoms with Gasteiger partial charge in [0.25, 0.3) is 5.91 Å². The molecule has 0 atom stereocenters. The van der Waals surface area contributed by atoms with E-state index in [0.717, 1.165) is 11.3 Å². The molecule has 28 heavy (non-hydrogen) atoms. The van der Waals surface area contributed by atoms with Gasteiger partial charge >= 0.3 is 0 Å². The smallest absolute Gasteiger partial charge is 0.276 e. The van der Waals surface area contributed by atoms with Gasteiger partial charge in [-0.2, -0.15) is 0 Å². The van der Waals surface area contributed by atoms with Crippen molar-refractivity contribution in [3.05, 3.63) is 96.1 Å². The molecular weight excluding hydrogens is 352 g/mol. The number of anilines is 1. The van der Waals surface area contributed by atoms with Crippen LogP contribution in [0.2, 0.25) is 0 Å². The number of para-hydroxylation sites is 1. The Morgan fingerprint density at radius 1 is 0.857 bits per heavy atom. The zero-order valence-corrected chi connectivity index (χ0v) is 15.7. The maximum absolute atomic E-state index is 12.4. The molecular formula is C23H22N2O3. The highest BCUT2D eigenvalue weighted by Crippen LogP contribution is 2.15. The number of carbonyl (C=O) groups is 2. The first-order chi connectivity index (χ1) is 13.6. The van der Waals surface area contributed by atoms with Crippen LogP contribution in [0.5, 0.6) is 5.75 Å². The summed E-state index contributed by atoms with van der Waals surface area (Å²) >= 11 is 0. The highest BCUT2D eigenvalue weighted by molar-refractivity contribution is 5.94. The number of ketones is 1. The Morgan fingerprint density at radius 2 is 1.46 bits per heavy atom. The van der Waals surface area contributed by atoms with Crippen LogP contribution < -0.4 is 15.2 Å². The molecule has 0 saturated carbocycles. The van der Waals surface area contributed by atoms with Gasteiger partial charge in [-0.3, -0.25) is 20.0 Å². The molecule has 3 aromatic carbocycles. The Kier molecular flexibility index (Phi) is 6.41. The van der Waals surface area contributed by atoms with Crippen molar-refractivity contribution in [1.82, 2.24) is 5.43 Å². The number of nitrogens with zero attached hydrogens (tertiary/aromatic N) is 1. The van der Waals surface area contributed by atoms with Crippen molar-refractivity contribution in [1.29, 1.82) is 0 Å². The monoisotopic (exact) mass is 374 g/mol. The number of carbonyl (C=O) groups excluding carboxylic acids is 2. The van der Waals surface area contributed by atoms with E-state index in [9.17, 15) is 9.59 Å². The van der Waals surface area contributed by atoms with Crippen LogP contribution in [0.25, 0.3) is 0 Å². The lowest BCUT2D eigenvalue weighted by Gasteiger charge is -2.25. The molecule has 0 aromatic heterocycles. The van der Waals surface area contributed by atoms with Gasteiger partial charge in [0.05, 0.1) is 12.2 Å². The topological polar surface area (TPSA) is 58.6 Å². The molecule has 0 unspecified atom stereocenters. The van der Waals surface area contributed by atoms with Crippen LogP contribution in [0, 0.1) is 0 Å². The first kappa shape index (κ1) is 19.2. The van der Waals surface area contributed by atoms with Gasteiger partial charge in [0, 0.05) is 5.56 Å². The second kappa shape index (κ2) is 9.37.